The molecular formula is C18H18N4O2. The zero-order valence-electron chi connectivity index (χ0n) is 13.5. The summed E-state index contributed by atoms with van der Waals surface area (Å²) in [5, 5.41) is 7.46. The maximum absolute atomic E-state index is 11.6. The van der Waals surface area contributed by atoms with Gasteiger partial charge in [0.1, 0.15) is 0 Å². The third kappa shape index (κ3) is 5.49. The third-order valence-electron chi connectivity index (χ3n) is 3.12. The summed E-state index contributed by atoms with van der Waals surface area (Å²) in [4.78, 5) is 23.1. The molecule has 6 nitrogen and oxygen atoms in total. The molecule has 0 saturated carbocycles. The number of carbonyl (C=O) groups is 2. The van der Waals surface area contributed by atoms with E-state index in [0.29, 0.717) is 0 Å². The minimum absolute atomic E-state index is 0.818. The number of benzene rings is 2. The van der Waals surface area contributed by atoms with Crippen molar-refractivity contribution in [2.45, 2.75) is 13.8 Å². The van der Waals surface area contributed by atoms with Gasteiger partial charge in [-0.05, 0) is 25.0 Å². The number of amides is 2. The smallest absolute Gasteiger partial charge is 0.262 e. The lowest BCUT2D eigenvalue weighted by Crippen LogP contribution is -2.35. The summed E-state index contributed by atoms with van der Waals surface area (Å²) in [7, 11) is 0. The Hall–Kier alpha value is -3.28. The molecule has 6 heteroatoms. The van der Waals surface area contributed by atoms with E-state index in [1.54, 1.807) is 0 Å². The molecule has 2 N–H and O–H groups in total. The van der Waals surface area contributed by atoms with Crippen molar-refractivity contribution in [2.75, 3.05) is 0 Å². The molecule has 0 aliphatic rings. The van der Waals surface area contributed by atoms with Crippen LogP contribution in [-0.2, 0) is 9.59 Å². The first-order valence-electron chi connectivity index (χ1n) is 7.34. The number of hydrazone groups is 2. The molecule has 122 valence electrons. The third-order valence-corrected chi connectivity index (χ3v) is 3.12. The van der Waals surface area contributed by atoms with Crippen LogP contribution in [0.4, 0.5) is 0 Å². The Kier molecular flexibility index (Phi) is 5.96. The minimum atomic E-state index is -0.889. The maximum atomic E-state index is 11.6. The lowest BCUT2D eigenvalue weighted by molar-refractivity contribution is -0.139. The van der Waals surface area contributed by atoms with Crippen LogP contribution in [0.15, 0.2) is 58.7 Å². The zero-order valence-corrected chi connectivity index (χ0v) is 13.5. The van der Waals surface area contributed by atoms with Gasteiger partial charge in [-0.3, -0.25) is 9.59 Å². The second-order valence-electron chi connectivity index (χ2n) is 5.22. The van der Waals surface area contributed by atoms with E-state index in [-0.39, 0.29) is 0 Å². The van der Waals surface area contributed by atoms with Crippen molar-refractivity contribution in [1.29, 1.82) is 0 Å². The topological polar surface area (TPSA) is 82.9 Å². The maximum Gasteiger partial charge on any atom is 0.331 e. The molecule has 2 aromatic carbocycles. The predicted octanol–water partition coefficient (Wildman–Crippen LogP) is 1.90. The van der Waals surface area contributed by atoms with Crippen molar-refractivity contribution in [1.82, 2.24) is 10.9 Å². The van der Waals surface area contributed by atoms with E-state index in [4.69, 9.17) is 0 Å². The number of carbonyl (C=O) groups excluding carboxylic acids is 2. The monoisotopic (exact) mass is 322 g/mol. The second-order valence-corrected chi connectivity index (χ2v) is 5.22. The van der Waals surface area contributed by atoms with Crippen molar-refractivity contribution < 1.29 is 9.59 Å². The van der Waals surface area contributed by atoms with Gasteiger partial charge in [-0.1, -0.05) is 59.7 Å². The van der Waals surface area contributed by atoms with Crippen molar-refractivity contribution >= 4 is 24.2 Å². The van der Waals surface area contributed by atoms with Gasteiger partial charge in [0.05, 0.1) is 12.4 Å². The summed E-state index contributed by atoms with van der Waals surface area (Å²) in [6.07, 6.45) is 2.92. The normalized spacial score (nSPS) is 10.9. The van der Waals surface area contributed by atoms with E-state index < -0.39 is 11.8 Å². The Labute approximate surface area is 140 Å². The van der Waals surface area contributed by atoms with E-state index in [2.05, 4.69) is 21.1 Å². The summed E-state index contributed by atoms with van der Waals surface area (Å²) >= 11 is 0. The fourth-order valence-corrected chi connectivity index (χ4v) is 1.74. The lowest BCUT2D eigenvalue weighted by atomic mass is 10.2. The first-order chi connectivity index (χ1) is 11.5. The molecule has 0 radical (unpaired) electrons. The van der Waals surface area contributed by atoms with Crippen LogP contribution >= 0.6 is 0 Å². The van der Waals surface area contributed by atoms with Crippen LogP contribution in [0.5, 0.6) is 0 Å². The van der Waals surface area contributed by atoms with Crippen molar-refractivity contribution in [3.63, 3.8) is 0 Å². The van der Waals surface area contributed by atoms with Crippen molar-refractivity contribution in [3.05, 3.63) is 70.8 Å². The SMILES string of the molecule is Cc1ccc(/C=N/NC(=O)C(=O)N/N=C/c2ccc(C)cc2)cc1. The van der Waals surface area contributed by atoms with Crippen LogP contribution < -0.4 is 10.9 Å². The Bertz CT molecular complexity index is 695. The van der Waals surface area contributed by atoms with Gasteiger partial charge in [-0.2, -0.15) is 10.2 Å². The van der Waals surface area contributed by atoms with Crippen molar-refractivity contribution in [3.8, 4) is 0 Å². The molecule has 2 rings (SSSR count). The quantitative estimate of drug-likeness (QED) is 0.512. The molecule has 0 aliphatic carbocycles. The predicted molar refractivity (Wildman–Crippen MR) is 93.8 cm³/mol. The second kappa shape index (κ2) is 8.38. The average Bonchev–Trinajstić information content (AvgIpc) is 2.58. The summed E-state index contributed by atoms with van der Waals surface area (Å²) < 4.78 is 0. The van der Waals surface area contributed by atoms with Gasteiger partial charge < -0.3 is 0 Å². The summed E-state index contributed by atoms with van der Waals surface area (Å²) in [6.45, 7) is 3.95. The fourth-order valence-electron chi connectivity index (χ4n) is 1.74. The molecule has 2 amide bonds. The van der Waals surface area contributed by atoms with Gasteiger partial charge in [0.25, 0.3) is 0 Å². The first kappa shape index (κ1) is 17.1. The Morgan fingerprint density at radius 1 is 0.708 bits per heavy atom. The van der Waals surface area contributed by atoms with Crippen LogP contribution in [0.2, 0.25) is 0 Å². The Balaban J connectivity index is 1.80. The summed E-state index contributed by atoms with van der Waals surface area (Å²) in [6, 6.07) is 15.1. The molecule has 0 fully saturated rings. The number of rotatable bonds is 4. The molecule has 0 spiro atoms. The van der Waals surface area contributed by atoms with E-state index in [1.807, 2.05) is 62.4 Å². The molecule has 0 aromatic heterocycles. The Morgan fingerprint density at radius 3 is 1.38 bits per heavy atom. The van der Waals surface area contributed by atoms with Crippen LogP contribution in [0.1, 0.15) is 22.3 Å². The minimum Gasteiger partial charge on any atom is -0.262 e. The number of aryl methyl sites for hydroxylation is 2. The molecule has 2 aromatic rings. The van der Waals surface area contributed by atoms with E-state index in [0.717, 1.165) is 22.3 Å². The summed E-state index contributed by atoms with van der Waals surface area (Å²) in [5.74, 6) is -1.78. The van der Waals surface area contributed by atoms with E-state index in [9.17, 15) is 9.59 Å². The first-order valence-corrected chi connectivity index (χ1v) is 7.34. The van der Waals surface area contributed by atoms with E-state index in [1.165, 1.54) is 12.4 Å². The number of nitrogens with one attached hydrogen (secondary N) is 2. The largest absolute Gasteiger partial charge is 0.331 e. The molecule has 0 bridgehead atoms. The zero-order chi connectivity index (χ0) is 17.4. The molecule has 24 heavy (non-hydrogen) atoms. The van der Waals surface area contributed by atoms with E-state index >= 15 is 0 Å². The Morgan fingerprint density at radius 2 is 1.04 bits per heavy atom. The molecule has 0 unspecified atom stereocenters. The van der Waals surface area contributed by atoms with Gasteiger partial charge in [0, 0.05) is 0 Å². The van der Waals surface area contributed by atoms with Crippen LogP contribution in [0.25, 0.3) is 0 Å². The van der Waals surface area contributed by atoms with Gasteiger partial charge in [-0.25, -0.2) is 10.9 Å². The van der Waals surface area contributed by atoms with Crippen molar-refractivity contribution in [2.24, 2.45) is 10.2 Å². The average molecular weight is 322 g/mol. The number of nitrogens with zero attached hydrogens (tertiary/aromatic N) is 2. The van der Waals surface area contributed by atoms with Crippen LogP contribution in [0.3, 0.4) is 0 Å². The van der Waals surface area contributed by atoms with Crippen LogP contribution in [0, 0.1) is 13.8 Å². The molecule has 0 saturated heterocycles. The highest BCUT2D eigenvalue weighted by Gasteiger charge is 2.10. The fraction of sp³-hybridized carbons (Fsp3) is 0.111. The highest BCUT2D eigenvalue weighted by atomic mass is 16.2. The lowest BCUT2D eigenvalue weighted by Gasteiger charge is -1.99. The molecule has 0 aliphatic heterocycles. The van der Waals surface area contributed by atoms with Gasteiger partial charge in [0.2, 0.25) is 0 Å². The highest BCUT2D eigenvalue weighted by molar-refractivity contribution is 6.35. The number of hydrogen-bond acceptors (Lipinski definition) is 4. The number of hydrogen-bond donors (Lipinski definition) is 2. The molecule has 0 heterocycles. The van der Waals surface area contributed by atoms with Gasteiger partial charge >= 0.3 is 11.8 Å². The van der Waals surface area contributed by atoms with Gasteiger partial charge in [-0.15, -0.1) is 0 Å². The molecule has 0 atom stereocenters. The highest BCUT2D eigenvalue weighted by Crippen LogP contribution is 2.00. The summed E-state index contributed by atoms with van der Waals surface area (Å²) in [5.41, 5.74) is 8.18. The standard InChI is InChI=1S/C18H18N4O2/c1-13-3-7-15(8-4-13)11-19-21-17(23)18(24)22-20-12-16-9-5-14(2)6-10-16/h3-12H,1-2H3,(H,21,23)(H,22,24)/b19-11+,20-12+. The van der Waals surface area contributed by atoms with Gasteiger partial charge in [0.15, 0.2) is 0 Å². The van der Waals surface area contributed by atoms with Crippen LogP contribution in [-0.4, -0.2) is 24.2 Å². The molecular weight excluding hydrogens is 304 g/mol.